The maximum atomic E-state index is 12.6. The summed E-state index contributed by atoms with van der Waals surface area (Å²) in [5, 5.41) is 3.26. The van der Waals surface area contributed by atoms with Crippen LogP contribution in [0.25, 0.3) is 0 Å². The highest BCUT2D eigenvalue weighted by Gasteiger charge is 2.20. The maximum absolute atomic E-state index is 12.6. The molecule has 132 valence electrons. The van der Waals surface area contributed by atoms with Crippen LogP contribution < -0.4 is 5.32 Å². The normalized spacial score (nSPS) is 17.2. The Hall–Kier alpha value is -2.13. The van der Waals surface area contributed by atoms with Crippen LogP contribution in [0, 0.1) is 5.92 Å². The van der Waals surface area contributed by atoms with Crippen molar-refractivity contribution in [1.29, 1.82) is 0 Å². The largest absolute Gasteiger partial charge is 0.348 e. The Morgan fingerprint density at radius 3 is 2.28 bits per heavy atom. The van der Waals surface area contributed by atoms with Gasteiger partial charge in [0.25, 0.3) is 0 Å². The van der Waals surface area contributed by atoms with Crippen molar-refractivity contribution in [3.63, 3.8) is 0 Å². The van der Waals surface area contributed by atoms with Gasteiger partial charge in [0, 0.05) is 0 Å². The second kappa shape index (κ2) is 8.82. The van der Waals surface area contributed by atoms with Crippen molar-refractivity contribution in [1.82, 2.24) is 10.2 Å². The number of piperidine rings is 1. The van der Waals surface area contributed by atoms with Crippen LogP contribution in [0.5, 0.6) is 0 Å². The van der Waals surface area contributed by atoms with E-state index < -0.39 is 0 Å². The lowest BCUT2D eigenvalue weighted by molar-refractivity contribution is -0.123. The van der Waals surface area contributed by atoms with E-state index in [4.69, 9.17) is 0 Å². The van der Waals surface area contributed by atoms with Crippen molar-refractivity contribution in [2.45, 2.75) is 32.2 Å². The zero-order valence-electron chi connectivity index (χ0n) is 15.0. The highest BCUT2D eigenvalue weighted by atomic mass is 16.2. The summed E-state index contributed by atoms with van der Waals surface area (Å²) in [5.74, 6) is 0.911. The summed E-state index contributed by atoms with van der Waals surface area (Å²) >= 11 is 0. The molecule has 1 atom stereocenters. The van der Waals surface area contributed by atoms with Gasteiger partial charge in [-0.1, -0.05) is 67.6 Å². The Morgan fingerprint density at radius 2 is 1.64 bits per heavy atom. The fraction of sp³-hybridized carbons (Fsp3) is 0.409. The molecule has 0 aliphatic carbocycles. The third-order valence-corrected chi connectivity index (χ3v) is 5.06. The predicted molar refractivity (Wildman–Crippen MR) is 102 cm³/mol. The first-order valence-electron chi connectivity index (χ1n) is 9.31. The molecule has 0 unspecified atom stereocenters. The van der Waals surface area contributed by atoms with E-state index in [0.29, 0.717) is 6.54 Å². The minimum Gasteiger partial charge on any atom is -0.348 e. The molecule has 1 aliphatic rings. The first kappa shape index (κ1) is 17.7. The summed E-state index contributed by atoms with van der Waals surface area (Å²) in [6.45, 7) is 4.86. The van der Waals surface area contributed by atoms with Crippen LogP contribution in [0.2, 0.25) is 0 Å². The van der Waals surface area contributed by atoms with E-state index in [1.54, 1.807) is 0 Å². The van der Waals surface area contributed by atoms with Gasteiger partial charge in [-0.25, -0.2) is 0 Å². The summed E-state index contributed by atoms with van der Waals surface area (Å²) in [6.07, 6.45) is 3.20. The van der Waals surface area contributed by atoms with Crippen LogP contribution in [0.3, 0.4) is 0 Å². The molecular weight excluding hydrogens is 308 g/mol. The van der Waals surface area contributed by atoms with Crippen LogP contribution in [-0.2, 0) is 11.2 Å². The van der Waals surface area contributed by atoms with Crippen LogP contribution in [-0.4, -0.2) is 30.4 Å². The molecule has 0 aromatic heterocycles. The first-order valence-corrected chi connectivity index (χ1v) is 9.31. The Balaban J connectivity index is 1.64. The fourth-order valence-electron chi connectivity index (χ4n) is 3.45. The number of hydrogen-bond donors (Lipinski definition) is 1. The smallest absolute Gasteiger partial charge is 0.234 e. The molecule has 0 radical (unpaired) electrons. The molecule has 0 spiro atoms. The van der Waals surface area contributed by atoms with Gasteiger partial charge < -0.3 is 5.32 Å². The summed E-state index contributed by atoms with van der Waals surface area (Å²) < 4.78 is 0. The van der Waals surface area contributed by atoms with Crippen molar-refractivity contribution >= 4 is 5.91 Å². The quantitative estimate of drug-likeness (QED) is 0.870. The monoisotopic (exact) mass is 336 g/mol. The van der Waals surface area contributed by atoms with Gasteiger partial charge in [0.2, 0.25) is 5.91 Å². The SMILES string of the molecule is CC1CCN(CC(=O)N[C@@H](Cc2ccccc2)c2ccccc2)CC1. The first-order chi connectivity index (χ1) is 12.2. The standard InChI is InChI=1S/C22H28N2O/c1-18-12-14-24(15-13-18)17-22(25)23-21(20-10-6-3-7-11-20)16-19-8-4-2-5-9-19/h2-11,18,21H,12-17H2,1H3,(H,23,25)/t21-/m0/s1. The summed E-state index contributed by atoms with van der Waals surface area (Å²) in [7, 11) is 0. The number of carbonyl (C=O) groups is 1. The van der Waals surface area contributed by atoms with Gasteiger partial charge in [0.15, 0.2) is 0 Å². The molecule has 3 heteroatoms. The number of carbonyl (C=O) groups excluding carboxylic acids is 1. The number of hydrogen-bond acceptors (Lipinski definition) is 2. The van der Waals surface area contributed by atoms with Crippen molar-refractivity contribution in [3.05, 3.63) is 71.8 Å². The average Bonchev–Trinajstić information content (AvgIpc) is 2.65. The number of nitrogens with zero attached hydrogens (tertiary/aromatic N) is 1. The van der Waals surface area contributed by atoms with Gasteiger partial charge in [0.05, 0.1) is 12.6 Å². The molecule has 2 aromatic carbocycles. The van der Waals surface area contributed by atoms with Gasteiger partial charge in [-0.3, -0.25) is 9.69 Å². The van der Waals surface area contributed by atoms with Crippen molar-refractivity contribution in [2.75, 3.05) is 19.6 Å². The molecular formula is C22H28N2O. The van der Waals surface area contributed by atoms with Crippen molar-refractivity contribution < 1.29 is 4.79 Å². The van der Waals surface area contributed by atoms with Crippen LogP contribution in [0.15, 0.2) is 60.7 Å². The summed E-state index contributed by atoms with van der Waals surface area (Å²) in [5.41, 5.74) is 2.40. The molecule has 0 bridgehead atoms. The summed E-state index contributed by atoms with van der Waals surface area (Å²) in [4.78, 5) is 14.9. The Kier molecular flexibility index (Phi) is 6.24. The minimum atomic E-state index is 0.0137. The van der Waals surface area contributed by atoms with E-state index in [1.807, 2.05) is 36.4 Å². The molecule has 1 fully saturated rings. The van der Waals surface area contributed by atoms with E-state index in [0.717, 1.165) is 31.0 Å². The zero-order chi connectivity index (χ0) is 17.5. The molecule has 1 saturated heterocycles. The molecule has 0 saturated carbocycles. The average molecular weight is 336 g/mol. The molecule has 25 heavy (non-hydrogen) atoms. The Morgan fingerprint density at radius 1 is 1.04 bits per heavy atom. The fourth-order valence-corrected chi connectivity index (χ4v) is 3.45. The highest BCUT2D eigenvalue weighted by molar-refractivity contribution is 5.78. The number of benzene rings is 2. The van der Waals surface area contributed by atoms with Gasteiger partial charge in [-0.15, -0.1) is 0 Å². The van der Waals surface area contributed by atoms with Gasteiger partial charge in [-0.05, 0) is 49.4 Å². The number of rotatable bonds is 6. The van der Waals surface area contributed by atoms with Gasteiger partial charge >= 0.3 is 0 Å². The number of amides is 1. The van der Waals surface area contributed by atoms with E-state index in [-0.39, 0.29) is 11.9 Å². The van der Waals surface area contributed by atoms with Crippen LogP contribution >= 0.6 is 0 Å². The zero-order valence-corrected chi connectivity index (χ0v) is 15.0. The molecule has 1 amide bonds. The van der Waals surface area contributed by atoms with Crippen LogP contribution in [0.1, 0.15) is 36.9 Å². The third-order valence-electron chi connectivity index (χ3n) is 5.06. The van der Waals surface area contributed by atoms with Crippen molar-refractivity contribution in [3.8, 4) is 0 Å². The lowest BCUT2D eigenvalue weighted by Gasteiger charge is -2.30. The molecule has 1 heterocycles. The highest BCUT2D eigenvalue weighted by Crippen LogP contribution is 2.19. The Labute approximate surface area is 151 Å². The van der Waals surface area contributed by atoms with E-state index in [2.05, 4.69) is 41.4 Å². The van der Waals surface area contributed by atoms with Crippen molar-refractivity contribution in [2.24, 2.45) is 5.92 Å². The topological polar surface area (TPSA) is 32.3 Å². The lowest BCUT2D eigenvalue weighted by Crippen LogP contribution is -2.42. The lowest BCUT2D eigenvalue weighted by atomic mass is 9.98. The number of nitrogens with one attached hydrogen (secondary N) is 1. The van der Waals surface area contributed by atoms with Gasteiger partial charge in [0.1, 0.15) is 0 Å². The second-order valence-corrected chi connectivity index (χ2v) is 7.18. The van der Waals surface area contributed by atoms with E-state index in [9.17, 15) is 4.79 Å². The van der Waals surface area contributed by atoms with E-state index in [1.165, 1.54) is 18.4 Å². The molecule has 2 aromatic rings. The maximum Gasteiger partial charge on any atom is 0.234 e. The third kappa shape index (κ3) is 5.43. The molecule has 1 N–H and O–H groups in total. The Bertz CT molecular complexity index is 648. The second-order valence-electron chi connectivity index (χ2n) is 7.18. The van der Waals surface area contributed by atoms with E-state index >= 15 is 0 Å². The molecule has 3 nitrogen and oxygen atoms in total. The molecule has 3 rings (SSSR count). The number of likely N-dealkylation sites (tertiary alicyclic amines) is 1. The molecule has 1 aliphatic heterocycles. The van der Waals surface area contributed by atoms with Gasteiger partial charge in [-0.2, -0.15) is 0 Å². The summed E-state index contributed by atoms with van der Waals surface area (Å²) in [6, 6.07) is 20.6. The van der Waals surface area contributed by atoms with Crippen LogP contribution in [0.4, 0.5) is 0 Å². The minimum absolute atomic E-state index is 0.0137. The predicted octanol–water partition coefficient (Wildman–Crippen LogP) is 3.82.